The molecule has 2 aromatic rings. The minimum atomic E-state index is -1.04. The molecule has 29 heavy (non-hydrogen) atoms. The number of nitrogens with two attached hydrogens (primary N) is 1. The number of aliphatic imine (C=N–C) groups is 1. The van der Waals surface area contributed by atoms with Crippen LogP contribution in [0.4, 0.5) is 0 Å². The van der Waals surface area contributed by atoms with E-state index < -0.39 is 5.54 Å². The third-order valence-electron chi connectivity index (χ3n) is 5.92. The van der Waals surface area contributed by atoms with Crippen molar-refractivity contribution in [2.75, 3.05) is 20.1 Å². The van der Waals surface area contributed by atoms with Gasteiger partial charge in [0, 0.05) is 36.1 Å². The zero-order valence-electron chi connectivity index (χ0n) is 16.2. The lowest BCUT2D eigenvalue weighted by Gasteiger charge is -2.40. The summed E-state index contributed by atoms with van der Waals surface area (Å²) < 4.78 is 0.891. The number of piperidine rings is 1. The van der Waals surface area contributed by atoms with E-state index in [1.54, 1.807) is 7.05 Å². The zero-order chi connectivity index (χ0) is 20.6. The number of guanidine groups is 1. The number of carbonyl (C=O) groups excluding carboxylic acids is 2. The minimum absolute atomic E-state index is 0.0263. The Morgan fingerprint density at radius 1 is 1.14 bits per heavy atom. The van der Waals surface area contributed by atoms with Gasteiger partial charge in [-0.3, -0.25) is 14.5 Å². The highest BCUT2D eigenvalue weighted by Crippen LogP contribution is 2.44. The first-order chi connectivity index (χ1) is 13.9. The van der Waals surface area contributed by atoms with Gasteiger partial charge in [0.25, 0.3) is 11.8 Å². The molecule has 4 rings (SSSR count). The van der Waals surface area contributed by atoms with Crippen molar-refractivity contribution in [1.82, 2.24) is 9.80 Å². The normalized spacial score (nSPS) is 22.7. The number of nitrogens with zero attached hydrogens (tertiary/aromatic N) is 3. The summed E-state index contributed by atoms with van der Waals surface area (Å²) in [5.74, 6) is 0.116. The first-order valence-corrected chi connectivity index (χ1v) is 10.5. The topological polar surface area (TPSA) is 79.0 Å². The number of rotatable bonds is 3. The van der Waals surface area contributed by atoms with Crippen LogP contribution in [0.2, 0.25) is 0 Å². The molecule has 2 heterocycles. The molecule has 0 aliphatic carbocycles. The Morgan fingerprint density at radius 3 is 2.41 bits per heavy atom. The molecule has 0 bridgehead atoms. The van der Waals surface area contributed by atoms with Crippen LogP contribution < -0.4 is 5.73 Å². The molecular formula is C22H23BrN4O2. The van der Waals surface area contributed by atoms with E-state index in [9.17, 15) is 9.59 Å². The third-order valence-corrected chi connectivity index (χ3v) is 6.42. The number of likely N-dealkylation sites (tertiary alicyclic amines) is 1. The Balaban J connectivity index is 1.62. The van der Waals surface area contributed by atoms with E-state index in [0.29, 0.717) is 31.5 Å². The lowest BCUT2D eigenvalue weighted by molar-refractivity contribution is -0.133. The van der Waals surface area contributed by atoms with Gasteiger partial charge in [-0.05, 0) is 42.7 Å². The summed E-state index contributed by atoms with van der Waals surface area (Å²) in [6, 6.07) is 17.0. The van der Waals surface area contributed by atoms with Crippen molar-refractivity contribution in [2.24, 2.45) is 16.6 Å². The molecule has 1 unspecified atom stereocenters. The third kappa shape index (κ3) is 3.33. The van der Waals surface area contributed by atoms with Gasteiger partial charge in [-0.25, -0.2) is 4.99 Å². The van der Waals surface area contributed by atoms with Crippen LogP contribution in [-0.4, -0.2) is 47.7 Å². The van der Waals surface area contributed by atoms with E-state index in [2.05, 4.69) is 15.9 Å². The molecule has 2 amide bonds. The molecule has 2 aliphatic rings. The maximum atomic E-state index is 13.3. The van der Waals surface area contributed by atoms with Gasteiger partial charge in [0.05, 0.1) is 0 Å². The van der Waals surface area contributed by atoms with E-state index in [4.69, 9.17) is 10.7 Å². The van der Waals surface area contributed by atoms with Crippen LogP contribution in [0.5, 0.6) is 0 Å². The molecule has 1 atom stereocenters. The fourth-order valence-corrected chi connectivity index (χ4v) is 4.74. The Morgan fingerprint density at radius 2 is 1.83 bits per heavy atom. The fraction of sp³-hybridized carbons (Fsp3) is 0.318. The molecule has 1 saturated heterocycles. The van der Waals surface area contributed by atoms with Crippen LogP contribution in [0.15, 0.2) is 64.1 Å². The van der Waals surface area contributed by atoms with Crippen molar-refractivity contribution >= 4 is 33.7 Å². The number of halogens is 1. The molecule has 0 spiro atoms. The number of carbonyl (C=O) groups is 2. The van der Waals surface area contributed by atoms with Crippen molar-refractivity contribution in [3.05, 3.63) is 70.2 Å². The molecular weight excluding hydrogens is 432 g/mol. The van der Waals surface area contributed by atoms with Crippen LogP contribution >= 0.6 is 15.9 Å². The maximum absolute atomic E-state index is 13.3. The largest absolute Gasteiger partial charge is 0.369 e. The van der Waals surface area contributed by atoms with Crippen molar-refractivity contribution in [2.45, 2.75) is 18.4 Å². The fourth-order valence-electron chi connectivity index (χ4n) is 4.34. The Labute approximate surface area is 178 Å². The number of likely N-dealkylation sites (N-methyl/N-ethyl adjacent to an activating group) is 1. The van der Waals surface area contributed by atoms with Crippen LogP contribution in [0.3, 0.4) is 0 Å². The van der Waals surface area contributed by atoms with Crippen molar-refractivity contribution in [1.29, 1.82) is 0 Å². The average molecular weight is 455 g/mol. The molecule has 2 aromatic carbocycles. The minimum Gasteiger partial charge on any atom is -0.369 e. The monoisotopic (exact) mass is 454 g/mol. The van der Waals surface area contributed by atoms with Gasteiger partial charge >= 0.3 is 0 Å². The number of hydrogen-bond donors (Lipinski definition) is 1. The summed E-state index contributed by atoms with van der Waals surface area (Å²) in [5, 5.41) is 0. The second kappa shape index (κ2) is 7.63. The summed E-state index contributed by atoms with van der Waals surface area (Å²) in [7, 11) is 1.66. The Bertz CT molecular complexity index is 970. The van der Waals surface area contributed by atoms with E-state index >= 15 is 0 Å². The molecule has 150 valence electrons. The van der Waals surface area contributed by atoms with Gasteiger partial charge in [0.1, 0.15) is 0 Å². The quantitative estimate of drug-likeness (QED) is 0.773. The average Bonchev–Trinajstić information content (AvgIpc) is 2.99. The summed E-state index contributed by atoms with van der Waals surface area (Å²) in [5.41, 5.74) is 6.54. The van der Waals surface area contributed by atoms with Crippen molar-refractivity contribution in [3.8, 4) is 0 Å². The van der Waals surface area contributed by atoms with Crippen molar-refractivity contribution < 1.29 is 9.59 Å². The molecule has 6 nitrogen and oxygen atoms in total. The summed E-state index contributed by atoms with van der Waals surface area (Å²) in [6.45, 7) is 1.17. The Kier molecular flexibility index (Phi) is 5.17. The predicted molar refractivity (Wildman–Crippen MR) is 115 cm³/mol. The number of amides is 2. The molecule has 0 saturated carbocycles. The van der Waals surface area contributed by atoms with Crippen molar-refractivity contribution in [3.63, 3.8) is 0 Å². The molecule has 1 fully saturated rings. The van der Waals surface area contributed by atoms with Gasteiger partial charge in [0.15, 0.2) is 11.5 Å². The molecule has 0 aromatic heterocycles. The van der Waals surface area contributed by atoms with Gasteiger partial charge in [-0.1, -0.05) is 46.3 Å². The lowest BCUT2D eigenvalue weighted by Crippen LogP contribution is -2.49. The van der Waals surface area contributed by atoms with E-state index in [-0.39, 0.29) is 23.7 Å². The zero-order valence-corrected chi connectivity index (χ0v) is 17.8. The first-order valence-electron chi connectivity index (χ1n) is 9.67. The summed E-state index contributed by atoms with van der Waals surface area (Å²) >= 11 is 3.50. The van der Waals surface area contributed by atoms with Crippen LogP contribution in [-0.2, 0) is 10.3 Å². The van der Waals surface area contributed by atoms with E-state index in [1.165, 1.54) is 4.90 Å². The van der Waals surface area contributed by atoms with Crippen LogP contribution in [0, 0.1) is 5.92 Å². The highest BCUT2D eigenvalue weighted by molar-refractivity contribution is 9.10. The van der Waals surface area contributed by atoms with Crippen LogP contribution in [0.1, 0.15) is 28.8 Å². The lowest BCUT2D eigenvalue weighted by atomic mass is 9.73. The van der Waals surface area contributed by atoms with Gasteiger partial charge < -0.3 is 10.6 Å². The first kappa shape index (κ1) is 19.6. The SMILES string of the molecule is CN1C(=O)C(c2cccc(Br)c2)(C2CCN(C(=O)c3ccccc3)CC2)N=C1N. The molecule has 2 aliphatic heterocycles. The van der Waals surface area contributed by atoms with E-state index in [0.717, 1.165) is 10.0 Å². The molecule has 2 N–H and O–H groups in total. The smallest absolute Gasteiger partial charge is 0.261 e. The van der Waals surface area contributed by atoms with Gasteiger partial charge in [-0.2, -0.15) is 0 Å². The molecule has 0 radical (unpaired) electrons. The van der Waals surface area contributed by atoms with Gasteiger partial charge in [-0.15, -0.1) is 0 Å². The highest BCUT2D eigenvalue weighted by Gasteiger charge is 2.54. The standard InChI is InChI=1S/C22H23BrN4O2/c1-26-20(29)22(25-21(26)24,17-8-5-9-18(23)14-17)16-10-12-27(13-11-16)19(28)15-6-3-2-4-7-15/h2-9,14,16H,10-13H2,1H3,(H2,24,25). The van der Waals surface area contributed by atoms with Gasteiger partial charge in [0.2, 0.25) is 0 Å². The van der Waals surface area contributed by atoms with Crippen LogP contribution in [0.25, 0.3) is 0 Å². The van der Waals surface area contributed by atoms with E-state index in [1.807, 2.05) is 59.5 Å². The molecule has 7 heteroatoms. The second-order valence-electron chi connectivity index (χ2n) is 7.54. The summed E-state index contributed by atoms with van der Waals surface area (Å²) in [6.07, 6.45) is 1.36. The highest BCUT2D eigenvalue weighted by atomic mass is 79.9. The predicted octanol–water partition coefficient (Wildman–Crippen LogP) is 2.98. The second-order valence-corrected chi connectivity index (χ2v) is 8.46. The number of hydrogen-bond acceptors (Lipinski definition) is 4. The summed E-state index contributed by atoms with van der Waals surface area (Å²) in [4.78, 5) is 34.1. The Hall–Kier alpha value is -2.67. The maximum Gasteiger partial charge on any atom is 0.261 e. The number of benzene rings is 2.